The summed E-state index contributed by atoms with van der Waals surface area (Å²) in [6, 6.07) is 8.61. The fraction of sp³-hybridized carbons (Fsp3) is 0.333. The van der Waals surface area contributed by atoms with Gasteiger partial charge < -0.3 is 15.2 Å². The van der Waals surface area contributed by atoms with Gasteiger partial charge in [-0.05, 0) is 25.1 Å². The van der Waals surface area contributed by atoms with E-state index in [2.05, 4.69) is 4.98 Å². The first-order valence-electron chi connectivity index (χ1n) is 8.04. The van der Waals surface area contributed by atoms with Gasteiger partial charge in [0.15, 0.2) is 6.61 Å². The quantitative estimate of drug-likeness (QED) is 0.849. The smallest absolute Gasteiger partial charge is 0.404 e. The molecule has 0 unspecified atom stereocenters. The van der Waals surface area contributed by atoms with E-state index in [0.717, 1.165) is 0 Å². The molecule has 2 N–H and O–H groups in total. The number of nitriles is 2. The SMILES string of the molecule is CCn1c(COC(N)=O)nc(C(C)C)c1Oc1cc(C#N)cc(C#N)c1. The minimum Gasteiger partial charge on any atom is -0.442 e. The molecule has 8 heteroatoms. The average molecular weight is 353 g/mol. The van der Waals surface area contributed by atoms with Crippen LogP contribution in [0.15, 0.2) is 18.2 Å². The number of amides is 1. The second kappa shape index (κ2) is 8.04. The Balaban J connectivity index is 2.49. The van der Waals surface area contributed by atoms with Gasteiger partial charge in [0.2, 0.25) is 5.88 Å². The molecule has 0 aliphatic carbocycles. The molecule has 0 saturated carbocycles. The van der Waals surface area contributed by atoms with E-state index < -0.39 is 6.09 Å². The predicted octanol–water partition coefficient (Wildman–Crippen LogP) is 3.16. The number of hydrogen-bond acceptors (Lipinski definition) is 6. The fourth-order valence-corrected chi connectivity index (χ4v) is 2.46. The van der Waals surface area contributed by atoms with Crippen LogP contribution in [0.25, 0.3) is 0 Å². The van der Waals surface area contributed by atoms with Crippen molar-refractivity contribution in [3.05, 3.63) is 40.8 Å². The van der Waals surface area contributed by atoms with Crippen molar-refractivity contribution in [3.8, 4) is 23.8 Å². The van der Waals surface area contributed by atoms with Crippen molar-refractivity contribution in [1.29, 1.82) is 10.5 Å². The molecular formula is C18H19N5O3. The summed E-state index contributed by atoms with van der Waals surface area (Å²) >= 11 is 0. The van der Waals surface area contributed by atoms with Crippen molar-refractivity contribution < 1.29 is 14.3 Å². The maximum atomic E-state index is 10.9. The Morgan fingerprint density at radius 1 is 1.27 bits per heavy atom. The number of benzene rings is 1. The van der Waals surface area contributed by atoms with Crippen LogP contribution in [0.2, 0.25) is 0 Å². The first-order chi connectivity index (χ1) is 12.4. The molecule has 1 amide bonds. The van der Waals surface area contributed by atoms with Crippen LogP contribution in [-0.4, -0.2) is 15.6 Å². The van der Waals surface area contributed by atoms with Crippen LogP contribution in [-0.2, 0) is 17.9 Å². The minimum absolute atomic E-state index is 0.0414. The van der Waals surface area contributed by atoms with Gasteiger partial charge in [-0.2, -0.15) is 10.5 Å². The van der Waals surface area contributed by atoms with Crippen molar-refractivity contribution in [2.24, 2.45) is 5.73 Å². The van der Waals surface area contributed by atoms with Crippen molar-refractivity contribution >= 4 is 6.09 Å². The maximum Gasteiger partial charge on any atom is 0.404 e. The van der Waals surface area contributed by atoms with Crippen LogP contribution in [0.4, 0.5) is 4.79 Å². The standard InChI is InChI=1S/C18H19N5O3/c1-4-23-15(10-25-18(21)24)22-16(11(2)3)17(23)26-14-6-12(8-19)5-13(7-14)9-20/h5-7,11H,4,10H2,1-3H3,(H2,21,24). The number of carbonyl (C=O) groups is 1. The molecule has 0 spiro atoms. The number of ether oxygens (including phenoxy) is 2. The topological polar surface area (TPSA) is 127 Å². The normalized spacial score (nSPS) is 10.2. The van der Waals surface area contributed by atoms with Gasteiger partial charge in [0.05, 0.1) is 23.3 Å². The summed E-state index contributed by atoms with van der Waals surface area (Å²) in [5.74, 6) is 1.38. The van der Waals surface area contributed by atoms with E-state index in [1.165, 1.54) is 6.07 Å². The summed E-state index contributed by atoms with van der Waals surface area (Å²) in [5, 5.41) is 18.2. The molecule has 2 rings (SSSR count). The van der Waals surface area contributed by atoms with E-state index in [1.807, 2.05) is 32.9 Å². The van der Waals surface area contributed by atoms with Gasteiger partial charge in [-0.1, -0.05) is 13.8 Å². The first-order valence-corrected chi connectivity index (χ1v) is 8.04. The van der Waals surface area contributed by atoms with E-state index in [1.54, 1.807) is 16.7 Å². The molecule has 1 aromatic heterocycles. The highest BCUT2D eigenvalue weighted by molar-refractivity contribution is 5.64. The number of carbonyl (C=O) groups excluding carboxylic acids is 1. The molecule has 0 bridgehead atoms. The second-order valence-electron chi connectivity index (χ2n) is 5.80. The highest BCUT2D eigenvalue weighted by Crippen LogP contribution is 2.32. The molecule has 0 atom stereocenters. The van der Waals surface area contributed by atoms with Crippen molar-refractivity contribution in [3.63, 3.8) is 0 Å². The monoisotopic (exact) mass is 353 g/mol. The van der Waals surface area contributed by atoms with Crippen molar-refractivity contribution in [2.75, 3.05) is 0 Å². The van der Waals surface area contributed by atoms with E-state index in [0.29, 0.717) is 40.8 Å². The van der Waals surface area contributed by atoms with E-state index >= 15 is 0 Å². The molecule has 8 nitrogen and oxygen atoms in total. The molecule has 26 heavy (non-hydrogen) atoms. The Kier molecular flexibility index (Phi) is 5.82. The number of hydrogen-bond donors (Lipinski definition) is 1. The Morgan fingerprint density at radius 3 is 2.35 bits per heavy atom. The number of aromatic nitrogens is 2. The Morgan fingerprint density at radius 2 is 1.88 bits per heavy atom. The molecular weight excluding hydrogens is 334 g/mol. The van der Waals surface area contributed by atoms with Crippen LogP contribution in [0.1, 0.15) is 49.3 Å². The molecule has 2 aromatic rings. The maximum absolute atomic E-state index is 10.9. The fourth-order valence-electron chi connectivity index (χ4n) is 2.46. The van der Waals surface area contributed by atoms with Crippen molar-refractivity contribution in [1.82, 2.24) is 9.55 Å². The Hall–Kier alpha value is -3.52. The van der Waals surface area contributed by atoms with Gasteiger partial charge in [0.25, 0.3) is 0 Å². The van der Waals surface area contributed by atoms with Gasteiger partial charge in [0.1, 0.15) is 17.3 Å². The summed E-state index contributed by atoms with van der Waals surface area (Å²) in [4.78, 5) is 15.4. The van der Waals surface area contributed by atoms with Gasteiger partial charge in [-0.3, -0.25) is 4.57 Å². The van der Waals surface area contributed by atoms with Crippen LogP contribution >= 0.6 is 0 Å². The Labute approximate surface area is 151 Å². The molecule has 134 valence electrons. The Bertz CT molecular complexity index is 871. The van der Waals surface area contributed by atoms with E-state index in [-0.39, 0.29) is 12.5 Å². The zero-order chi connectivity index (χ0) is 19.3. The highest BCUT2D eigenvalue weighted by atomic mass is 16.5. The predicted molar refractivity (Wildman–Crippen MR) is 92.3 cm³/mol. The molecule has 0 fully saturated rings. The summed E-state index contributed by atoms with van der Waals surface area (Å²) in [6.07, 6.45) is -0.885. The first kappa shape index (κ1) is 18.8. The third kappa shape index (κ3) is 4.11. The van der Waals surface area contributed by atoms with Gasteiger partial charge in [-0.25, -0.2) is 9.78 Å². The zero-order valence-electron chi connectivity index (χ0n) is 14.8. The molecule has 1 aromatic carbocycles. The third-order valence-corrected chi connectivity index (χ3v) is 3.61. The summed E-state index contributed by atoms with van der Waals surface area (Å²) in [7, 11) is 0. The lowest BCUT2D eigenvalue weighted by Crippen LogP contribution is -2.15. The highest BCUT2D eigenvalue weighted by Gasteiger charge is 2.21. The number of rotatable bonds is 6. The van der Waals surface area contributed by atoms with Gasteiger partial charge in [0, 0.05) is 12.5 Å². The minimum atomic E-state index is -0.885. The van der Waals surface area contributed by atoms with E-state index in [4.69, 9.17) is 25.7 Å². The third-order valence-electron chi connectivity index (χ3n) is 3.61. The summed E-state index contributed by atoms with van der Waals surface area (Å²) < 4.78 is 12.6. The lowest BCUT2D eigenvalue weighted by molar-refractivity contribution is 0.145. The molecule has 0 aliphatic rings. The summed E-state index contributed by atoms with van der Waals surface area (Å²) in [5.41, 5.74) is 6.36. The van der Waals surface area contributed by atoms with Crippen LogP contribution in [0, 0.1) is 22.7 Å². The lowest BCUT2D eigenvalue weighted by atomic mass is 10.1. The van der Waals surface area contributed by atoms with Gasteiger partial charge in [-0.15, -0.1) is 0 Å². The van der Waals surface area contributed by atoms with Crippen LogP contribution < -0.4 is 10.5 Å². The number of nitrogens with zero attached hydrogens (tertiary/aromatic N) is 4. The number of imidazole rings is 1. The average Bonchev–Trinajstić information content (AvgIpc) is 2.97. The van der Waals surface area contributed by atoms with E-state index in [9.17, 15) is 4.79 Å². The molecule has 0 radical (unpaired) electrons. The number of nitrogens with two attached hydrogens (primary N) is 1. The number of primary amides is 1. The zero-order valence-corrected chi connectivity index (χ0v) is 14.8. The molecule has 1 heterocycles. The van der Waals surface area contributed by atoms with Gasteiger partial charge >= 0.3 is 6.09 Å². The summed E-state index contributed by atoms with van der Waals surface area (Å²) in [6.45, 7) is 6.27. The van der Waals surface area contributed by atoms with Crippen molar-refractivity contribution in [2.45, 2.75) is 39.8 Å². The largest absolute Gasteiger partial charge is 0.442 e. The molecule has 0 saturated heterocycles. The second-order valence-corrected chi connectivity index (χ2v) is 5.80. The molecule has 0 aliphatic heterocycles. The van der Waals surface area contributed by atoms with Crippen LogP contribution in [0.5, 0.6) is 11.6 Å². The lowest BCUT2D eigenvalue weighted by Gasteiger charge is -2.13. The van der Waals surface area contributed by atoms with Crippen LogP contribution in [0.3, 0.4) is 0 Å².